The molecule has 1 saturated heterocycles. The average molecular weight is 306 g/mol. The lowest BCUT2D eigenvalue weighted by atomic mass is 9.94. The predicted molar refractivity (Wildman–Crippen MR) is 86.9 cm³/mol. The molecule has 1 amide bonds. The Hall–Kier alpha value is -1.85. The number of piperidine rings is 1. The van der Waals surface area contributed by atoms with Gasteiger partial charge in [-0.15, -0.1) is 0 Å². The number of aromatic nitrogens is 2. The van der Waals surface area contributed by atoms with E-state index in [1.54, 1.807) is 12.3 Å². The Kier molecular flexibility index (Phi) is 5.98. The van der Waals surface area contributed by atoms with E-state index in [1.807, 2.05) is 0 Å². The average Bonchev–Trinajstić information content (AvgIpc) is 2.53. The molecule has 1 aromatic heterocycles. The van der Waals surface area contributed by atoms with Crippen molar-refractivity contribution >= 4 is 11.6 Å². The van der Waals surface area contributed by atoms with Crippen LogP contribution in [0.25, 0.3) is 0 Å². The van der Waals surface area contributed by atoms with Crippen LogP contribution in [0.2, 0.25) is 0 Å². The monoisotopic (exact) mass is 306 g/mol. The minimum absolute atomic E-state index is 0.143. The summed E-state index contributed by atoms with van der Waals surface area (Å²) in [5.41, 5.74) is 0.653. The first-order valence-electron chi connectivity index (χ1n) is 8.21. The van der Waals surface area contributed by atoms with Crippen LogP contribution < -0.4 is 15.8 Å². The number of hydrogen-bond donors (Lipinski definition) is 2. The molecule has 0 spiro atoms. The molecule has 0 saturated carbocycles. The Morgan fingerprint density at radius 1 is 1.50 bits per heavy atom. The molecule has 6 heteroatoms. The van der Waals surface area contributed by atoms with Crippen molar-refractivity contribution in [3.63, 3.8) is 0 Å². The Balaban J connectivity index is 1.90. The van der Waals surface area contributed by atoms with Crippen molar-refractivity contribution in [3.05, 3.63) is 22.6 Å². The van der Waals surface area contributed by atoms with Gasteiger partial charge in [-0.2, -0.15) is 5.10 Å². The number of nitrogens with one attached hydrogen (secondary N) is 2. The third kappa shape index (κ3) is 4.58. The van der Waals surface area contributed by atoms with Crippen molar-refractivity contribution in [2.75, 3.05) is 18.0 Å². The van der Waals surface area contributed by atoms with E-state index in [9.17, 15) is 9.59 Å². The van der Waals surface area contributed by atoms with E-state index >= 15 is 0 Å². The van der Waals surface area contributed by atoms with E-state index < -0.39 is 0 Å². The molecule has 122 valence electrons. The van der Waals surface area contributed by atoms with Crippen LogP contribution in [0.15, 0.2) is 17.1 Å². The maximum Gasteiger partial charge on any atom is 0.266 e. The quantitative estimate of drug-likeness (QED) is 0.838. The molecule has 2 heterocycles. The van der Waals surface area contributed by atoms with E-state index in [-0.39, 0.29) is 17.5 Å². The second-order valence-electron chi connectivity index (χ2n) is 6.04. The van der Waals surface area contributed by atoms with Gasteiger partial charge >= 0.3 is 0 Å². The summed E-state index contributed by atoms with van der Waals surface area (Å²) in [7, 11) is 0. The number of aromatic amines is 1. The summed E-state index contributed by atoms with van der Waals surface area (Å²) in [6, 6.07) is 1.85. The lowest BCUT2D eigenvalue weighted by Crippen LogP contribution is -2.40. The van der Waals surface area contributed by atoms with Gasteiger partial charge in [-0.1, -0.05) is 13.8 Å². The van der Waals surface area contributed by atoms with Gasteiger partial charge in [0, 0.05) is 31.6 Å². The number of amides is 1. The molecular formula is C16H26N4O2. The van der Waals surface area contributed by atoms with Crippen LogP contribution in [0.4, 0.5) is 5.69 Å². The maximum atomic E-state index is 12.1. The Labute approximate surface area is 131 Å². The second-order valence-corrected chi connectivity index (χ2v) is 6.04. The molecular weight excluding hydrogens is 280 g/mol. The van der Waals surface area contributed by atoms with Crippen LogP contribution >= 0.6 is 0 Å². The summed E-state index contributed by atoms with van der Waals surface area (Å²) in [6.07, 6.45) is 6.27. The second kappa shape index (κ2) is 7.96. The summed E-state index contributed by atoms with van der Waals surface area (Å²) in [6.45, 7) is 5.91. The number of carbonyl (C=O) groups is 1. The van der Waals surface area contributed by atoms with Crippen LogP contribution in [-0.4, -0.2) is 35.2 Å². The molecule has 2 N–H and O–H groups in total. The molecule has 1 unspecified atom stereocenters. The first-order chi connectivity index (χ1) is 10.6. The highest BCUT2D eigenvalue weighted by Gasteiger charge is 2.23. The summed E-state index contributed by atoms with van der Waals surface area (Å²) in [5.74, 6) is 0.479. The van der Waals surface area contributed by atoms with E-state index in [4.69, 9.17) is 0 Å². The minimum Gasteiger partial charge on any atom is -0.370 e. The fourth-order valence-corrected chi connectivity index (χ4v) is 3.05. The van der Waals surface area contributed by atoms with Crippen LogP contribution in [-0.2, 0) is 4.79 Å². The van der Waals surface area contributed by atoms with E-state index in [0.29, 0.717) is 12.3 Å². The SMILES string of the molecule is CCC(CC)NC(=O)CC1CCCN(c2cn[nH]c(=O)c2)C1. The molecule has 22 heavy (non-hydrogen) atoms. The highest BCUT2D eigenvalue weighted by atomic mass is 16.1. The molecule has 0 aliphatic carbocycles. The molecule has 1 fully saturated rings. The number of carbonyl (C=O) groups excluding carboxylic acids is 1. The fraction of sp³-hybridized carbons (Fsp3) is 0.688. The van der Waals surface area contributed by atoms with Crippen LogP contribution in [0.3, 0.4) is 0 Å². The van der Waals surface area contributed by atoms with Crippen LogP contribution in [0, 0.1) is 5.92 Å². The van der Waals surface area contributed by atoms with Crippen LogP contribution in [0.1, 0.15) is 46.0 Å². The first-order valence-corrected chi connectivity index (χ1v) is 8.21. The van der Waals surface area contributed by atoms with E-state index in [0.717, 1.165) is 44.5 Å². The molecule has 0 radical (unpaired) electrons. The summed E-state index contributed by atoms with van der Waals surface area (Å²) < 4.78 is 0. The number of nitrogens with zero attached hydrogens (tertiary/aromatic N) is 2. The zero-order valence-electron chi connectivity index (χ0n) is 13.5. The smallest absolute Gasteiger partial charge is 0.266 e. The summed E-state index contributed by atoms with van der Waals surface area (Å²) in [4.78, 5) is 25.7. The molecule has 1 aromatic rings. The van der Waals surface area contributed by atoms with Crippen molar-refractivity contribution in [2.24, 2.45) is 5.92 Å². The van der Waals surface area contributed by atoms with Gasteiger partial charge in [-0.05, 0) is 31.6 Å². The van der Waals surface area contributed by atoms with Crippen molar-refractivity contribution < 1.29 is 4.79 Å². The molecule has 1 atom stereocenters. The highest BCUT2D eigenvalue weighted by Crippen LogP contribution is 2.23. The minimum atomic E-state index is -0.189. The number of hydrogen-bond acceptors (Lipinski definition) is 4. The molecule has 0 bridgehead atoms. The van der Waals surface area contributed by atoms with Crippen molar-refractivity contribution in [3.8, 4) is 0 Å². The molecule has 0 aromatic carbocycles. The van der Waals surface area contributed by atoms with Crippen molar-refractivity contribution in [1.29, 1.82) is 0 Å². The molecule has 2 rings (SSSR count). The van der Waals surface area contributed by atoms with Gasteiger partial charge in [-0.25, -0.2) is 5.10 Å². The lowest BCUT2D eigenvalue weighted by molar-refractivity contribution is -0.122. The van der Waals surface area contributed by atoms with Gasteiger partial charge < -0.3 is 10.2 Å². The number of anilines is 1. The highest BCUT2D eigenvalue weighted by molar-refractivity contribution is 5.76. The van der Waals surface area contributed by atoms with Crippen molar-refractivity contribution in [1.82, 2.24) is 15.5 Å². The third-order valence-electron chi connectivity index (χ3n) is 4.36. The standard InChI is InChI=1S/C16H26N4O2/c1-3-13(4-2)18-15(21)8-12-6-5-7-20(11-12)14-9-16(22)19-17-10-14/h9-10,12-13H,3-8,11H2,1-2H3,(H,18,21)(H,19,22). The Morgan fingerprint density at radius 3 is 2.95 bits per heavy atom. The van der Waals surface area contributed by atoms with E-state index in [1.165, 1.54) is 0 Å². The van der Waals surface area contributed by atoms with Gasteiger partial charge in [0.2, 0.25) is 5.91 Å². The van der Waals surface area contributed by atoms with E-state index in [2.05, 4.69) is 34.3 Å². The molecule has 6 nitrogen and oxygen atoms in total. The normalized spacial score (nSPS) is 18.5. The van der Waals surface area contributed by atoms with Crippen molar-refractivity contribution in [2.45, 2.75) is 52.0 Å². The third-order valence-corrected chi connectivity index (χ3v) is 4.36. The largest absolute Gasteiger partial charge is 0.370 e. The van der Waals surface area contributed by atoms with Gasteiger partial charge in [-0.3, -0.25) is 9.59 Å². The van der Waals surface area contributed by atoms with Gasteiger partial charge in [0.25, 0.3) is 5.56 Å². The topological polar surface area (TPSA) is 78.1 Å². The van der Waals surface area contributed by atoms with Gasteiger partial charge in [0.05, 0.1) is 11.9 Å². The Bertz CT molecular complexity index is 539. The zero-order chi connectivity index (χ0) is 15.9. The van der Waals surface area contributed by atoms with Gasteiger partial charge in [0.1, 0.15) is 0 Å². The number of H-pyrrole nitrogens is 1. The zero-order valence-corrected chi connectivity index (χ0v) is 13.5. The molecule has 1 aliphatic heterocycles. The summed E-state index contributed by atoms with van der Waals surface area (Å²) in [5, 5.41) is 9.34. The first kappa shape index (κ1) is 16.5. The summed E-state index contributed by atoms with van der Waals surface area (Å²) >= 11 is 0. The van der Waals surface area contributed by atoms with Crippen LogP contribution in [0.5, 0.6) is 0 Å². The predicted octanol–water partition coefficient (Wildman–Crippen LogP) is 1.68. The maximum absolute atomic E-state index is 12.1. The Morgan fingerprint density at radius 2 is 2.27 bits per heavy atom. The lowest BCUT2D eigenvalue weighted by Gasteiger charge is -2.34. The molecule has 1 aliphatic rings. The number of rotatable bonds is 6. The van der Waals surface area contributed by atoms with Gasteiger partial charge in [0.15, 0.2) is 0 Å². The fourth-order valence-electron chi connectivity index (χ4n) is 3.05.